The van der Waals surface area contributed by atoms with Gasteiger partial charge in [0.15, 0.2) is 0 Å². The molecule has 0 radical (unpaired) electrons. The van der Waals surface area contributed by atoms with Crippen molar-refractivity contribution in [3.8, 4) is 0 Å². The highest BCUT2D eigenvalue weighted by atomic mass is 15.1. The second-order valence-electron chi connectivity index (χ2n) is 3.64. The van der Waals surface area contributed by atoms with E-state index in [1.54, 1.807) is 0 Å². The number of hydrogen-bond donors (Lipinski definition) is 1. The van der Waals surface area contributed by atoms with Gasteiger partial charge < -0.3 is 10.6 Å². The van der Waals surface area contributed by atoms with E-state index in [9.17, 15) is 0 Å². The van der Waals surface area contributed by atoms with E-state index in [0.717, 1.165) is 13.0 Å². The van der Waals surface area contributed by atoms with Gasteiger partial charge in [0.05, 0.1) is 0 Å². The van der Waals surface area contributed by atoms with Gasteiger partial charge in [0.1, 0.15) is 0 Å². The minimum atomic E-state index is 0.411. The highest BCUT2D eigenvalue weighted by molar-refractivity contribution is 4.62. The van der Waals surface area contributed by atoms with E-state index in [2.05, 4.69) is 25.8 Å². The van der Waals surface area contributed by atoms with Crippen LogP contribution in [0.15, 0.2) is 0 Å². The third-order valence-electron chi connectivity index (χ3n) is 2.15. The van der Waals surface area contributed by atoms with Crippen LogP contribution in [0.2, 0.25) is 0 Å². The first kappa shape index (κ1) is 11.9. The van der Waals surface area contributed by atoms with E-state index in [4.69, 9.17) is 5.73 Å². The molecule has 0 heterocycles. The van der Waals surface area contributed by atoms with Crippen LogP contribution in [-0.4, -0.2) is 31.1 Å². The van der Waals surface area contributed by atoms with Gasteiger partial charge >= 0.3 is 0 Å². The largest absolute Gasteiger partial charge is 0.328 e. The van der Waals surface area contributed by atoms with Gasteiger partial charge in [-0.3, -0.25) is 0 Å². The predicted molar refractivity (Wildman–Crippen MR) is 55.3 cm³/mol. The van der Waals surface area contributed by atoms with Crippen LogP contribution in [0.1, 0.15) is 39.5 Å². The van der Waals surface area contributed by atoms with Crippen LogP contribution in [-0.2, 0) is 0 Å². The fourth-order valence-electron chi connectivity index (χ4n) is 1.39. The minimum absolute atomic E-state index is 0.411. The molecule has 0 spiro atoms. The van der Waals surface area contributed by atoms with E-state index in [0.29, 0.717) is 6.04 Å². The Morgan fingerprint density at radius 2 is 1.75 bits per heavy atom. The highest BCUT2D eigenvalue weighted by Crippen LogP contribution is 1.99. The average molecular weight is 172 g/mol. The van der Waals surface area contributed by atoms with Gasteiger partial charge in [-0.15, -0.1) is 0 Å². The fourth-order valence-corrected chi connectivity index (χ4v) is 1.39. The Morgan fingerprint density at radius 3 is 2.25 bits per heavy atom. The lowest BCUT2D eigenvalue weighted by Crippen LogP contribution is -2.28. The SMILES string of the molecule is CCCC(N)CCN(C)CCC. The molecular formula is C10H24N2. The quantitative estimate of drug-likeness (QED) is 0.635. The van der Waals surface area contributed by atoms with E-state index in [-0.39, 0.29) is 0 Å². The molecule has 12 heavy (non-hydrogen) atoms. The lowest BCUT2D eigenvalue weighted by Gasteiger charge is -2.18. The first-order valence-corrected chi connectivity index (χ1v) is 5.14. The lowest BCUT2D eigenvalue weighted by molar-refractivity contribution is 0.315. The van der Waals surface area contributed by atoms with Crippen molar-refractivity contribution in [2.45, 2.75) is 45.6 Å². The Kier molecular flexibility index (Phi) is 7.51. The summed E-state index contributed by atoms with van der Waals surface area (Å²) in [5.41, 5.74) is 5.90. The monoisotopic (exact) mass is 172 g/mol. The smallest absolute Gasteiger partial charge is 0.00509 e. The summed E-state index contributed by atoms with van der Waals surface area (Å²) in [6.07, 6.45) is 4.75. The Hall–Kier alpha value is -0.0800. The second-order valence-corrected chi connectivity index (χ2v) is 3.64. The maximum atomic E-state index is 5.90. The Morgan fingerprint density at radius 1 is 1.08 bits per heavy atom. The molecular weight excluding hydrogens is 148 g/mol. The lowest BCUT2D eigenvalue weighted by atomic mass is 10.1. The molecule has 0 aromatic heterocycles. The molecule has 0 rings (SSSR count). The second kappa shape index (κ2) is 7.56. The molecule has 0 bridgehead atoms. The van der Waals surface area contributed by atoms with Crippen LogP contribution in [0, 0.1) is 0 Å². The molecule has 0 aliphatic rings. The van der Waals surface area contributed by atoms with Crippen molar-refractivity contribution in [2.24, 2.45) is 5.73 Å². The van der Waals surface area contributed by atoms with E-state index in [1.165, 1.54) is 25.8 Å². The molecule has 2 N–H and O–H groups in total. The van der Waals surface area contributed by atoms with Crippen LogP contribution in [0.5, 0.6) is 0 Å². The summed E-state index contributed by atoms with van der Waals surface area (Å²) in [6.45, 7) is 6.74. The molecule has 0 aliphatic heterocycles. The summed E-state index contributed by atoms with van der Waals surface area (Å²) >= 11 is 0. The number of nitrogens with zero attached hydrogens (tertiary/aromatic N) is 1. The molecule has 0 fully saturated rings. The highest BCUT2D eigenvalue weighted by Gasteiger charge is 2.02. The van der Waals surface area contributed by atoms with Crippen LogP contribution in [0.3, 0.4) is 0 Å². The molecule has 74 valence electrons. The summed E-state index contributed by atoms with van der Waals surface area (Å²) < 4.78 is 0. The summed E-state index contributed by atoms with van der Waals surface area (Å²) in [5, 5.41) is 0. The first-order chi connectivity index (χ1) is 5.70. The molecule has 0 aromatic rings. The van der Waals surface area contributed by atoms with Crippen LogP contribution < -0.4 is 5.73 Å². The first-order valence-electron chi connectivity index (χ1n) is 5.14. The van der Waals surface area contributed by atoms with Crippen molar-refractivity contribution in [3.05, 3.63) is 0 Å². The zero-order valence-corrected chi connectivity index (χ0v) is 8.84. The number of rotatable bonds is 7. The van der Waals surface area contributed by atoms with E-state index in [1.807, 2.05) is 0 Å². The normalized spacial score (nSPS) is 13.8. The molecule has 2 heteroatoms. The molecule has 0 aromatic carbocycles. The van der Waals surface area contributed by atoms with Crippen molar-refractivity contribution in [2.75, 3.05) is 20.1 Å². The minimum Gasteiger partial charge on any atom is -0.328 e. The van der Waals surface area contributed by atoms with Crippen molar-refractivity contribution >= 4 is 0 Å². The van der Waals surface area contributed by atoms with Gasteiger partial charge in [0.25, 0.3) is 0 Å². The molecule has 1 atom stereocenters. The zero-order valence-electron chi connectivity index (χ0n) is 8.84. The van der Waals surface area contributed by atoms with Gasteiger partial charge in [-0.25, -0.2) is 0 Å². The summed E-state index contributed by atoms with van der Waals surface area (Å²) in [5.74, 6) is 0. The van der Waals surface area contributed by atoms with Gasteiger partial charge in [0.2, 0.25) is 0 Å². The van der Waals surface area contributed by atoms with E-state index < -0.39 is 0 Å². The maximum Gasteiger partial charge on any atom is 0.00509 e. The molecule has 0 saturated heterocycles. The van der Waals surface area contributed by atoms with Gasteiger partial charge in [-0.2, -0.15) is 0 Å². The van der Waals surface area contributed by atoms with Crippen molar-refractivity contribution in [1.82, 2.24) is 4.90 Å². The molecule has 0 saturated carbocycles. The van der Waals surface area contributed by atoms with Gasteiger partial charge in [-0.05, 0) is 39.4 Å². The van der Waals surface area contributed by atoms with Crippen LogP contribution >= 0.6 is 0 Å². The summed E-state index contributed by atoms with van der Waals surface area (Å²) in [7, 11) is 2.17. The topological polar surface area (TPSA) is 29.3 Å². The van der Waals surface area contributed by atoms with Crippen molar-refractivity contribution < 1.29 is 0 Å². The van der Waals surface area contributed by atoms with Crippen LogP contribution in [0.25, 0.3) is 0 Å². The Balaban J connectivity index is 3.27. The average Bonchev–Trinajstić information content (AvgIpc) is 2.02. The standard InChI is InChI=1S/C10H24N2/c1-4-6-10(11)7-9-12(3)8-5-2/h10H,4-9,11H2,1-3H3. The predicted octanol–water partition coefficient (Wildman–Crippen LogP) is 1.85. The van der Waals surface area contributed by atoms with Crippen molar-refractivity contribution in [1.29, 1.82) is 0 Å². The third kappa shape index (κ3) is 6.62. The Bertz CT molecular complexity index is 81.8. The molecule has 0 amide bonds. The third-order valence-corrected chi connectivity index (χ3v) is 2.15. The van der Waals surface area contributed by atoms with Crippen LogP contribution in [0.4, 0.5) is 0 Å². The number of hydrogen-bond acceptors (Lipinski definition) is 2. The van der Waals surface area contributed by atoms with Gasteiger partial charge in [0, 0.05) is 6.04 Å². The van der Waals surface area contributed by atoms with Crippen molar-refractivity contribution in [3.63, 3.8) is 0 Å². The van der Waals surface area contributed by atoms with E-state index >= 15 is 0 Å². The Labute approximate surface area is 77.1 Å². The maximum absolute atomic E-state index is 5.90. The summed E-state index contributed by atoms with van der Waals surface area (Å²) in [4.78, 5) is 2.36. The molecule has 2 nitrogen and oxygen atoms in total. The number of nitrogens with two attached hydrogens (primary N) is 1. The zero-order chi connectivity index (χ0) is 9.40. The fraction of sp³-hybridized carbons (Fsp3) is 1.00. The molecule has 1 unspecified atom stereocenters. The summed E-state index contributed by atoms with van der Waals surface area (Å²) in [6, 6.07) is 0.411. The molecule has 0 aliphatic carbocycles. The van der Waals surface area contributed by atoms with Gasteiger partial charge in [-0.1, -0.05) is 20.3 Å².